The van der Waals surface area contributed by atoms with Gasteiger partial charge in [0.15, 0.2) is 0 Å². The zero-order valence-corrected chi connectivity index (χ0v) is 25.7. The maximum Gasteiger partial charge on any atom is 0.410 e. The first kappa shape index (κ1) is 30.1. The molecule has 0 N–H and O–H groups in total. The molecule has 5 rings (SSSR count). The van der Waals surface area contributed by atoms with Crippen LogP contribution in [-0.2, 0) is 16.1 Å². The van der Waals surface area contributed by atoms with Crippen molar-refractivity contribution in [1.29, 1.82) is 0 Å². The number of methoxy groups -OCH3 is 2. The van der Waals surface area contributed by atoms with Gasteiger partial charge in [-0.05, 0) is 57.5 Å². The van der Waals surface area contributed by atoms with Crippen molar-refractivity contribution in [1.82, 2.24) is 24.3 Å². The number of piperazine rings is 1. The molecule has 2 fully saturated rings. The molecule has 12 nitrogen and oxygen atoms in total. The van der Waals surface area contributed by atoms with Crippen molar-refractivity contribution >= 4 is 29.2 Å². The lowest BCUT2D eigenvalue weighted by atomic mass is 10.1. The van der Waals surface area contributed by atoms with E-state index in [9.17, 15) is 14.4 Å². The molecule has 43 heavy (non-hydrogen) atoms. The first-order valence-electron chi connectivity index (χ1n) is 14.5. The Labute approximate surface area is 251 Å². The fourth-order valence-electron chi connectivity index (χ4n) is 5.50. The van der Waals surface area contributed by atoms with Gasteiger partial charge in [0.2, 0.25) is 5.91 Å². The second-order valence-corrected chi connectivity index (χ2v) is 11.8. The lowest BCUT2D eigenvalue weighted by molar-refractivity contribution is -0.129. The standard InChI is InChI=1S/C31H40N6O6/c1-21(33-13-15-34(16-14-33)30(40)43-31(2,3)4)22-9-12-37-25(17-22)26(19-32-37)35-11-10-28(38)36(29(35)39)20-23-7-8-24(41-5)18-27(23)42-6/h7-9,12,17-19,21H,10-11,13-16,20H2,1-6H3. The van der Waals surface area contributed by atoms with Crippen LogP contribution in [0.2, 0.25) is 0 Å². The Morgan fingerprint density at radius 2 is 1.74 bits per heavy atom. The molecular weight excluding hydrogens is 552 g/mol. The van der Waals surface area contributed by atoms with Gasteiger partial charge in [-0.2, -0.15) is 5.10 Å². The zero-order chi connectivity index (χ0) is 30.9. The van der Waals surface area contributed by atoms with Crippen LogP contribution < -0.4 is 14.4 Å². The van der Waals surface area contributed by atoms with Crippen LogP contribution in [-0.4, -0.2) is 94.9 Å². The summed E-state index contributed by atoms with van der Waals surface area (Å²) in [6.07, 6.45) is 3.47. The summed E-state index contributed by atoms with van der Waals surface area (Å²) >= 11 is 0. The number of imide groups is 1. The van der Waals surface area contributed by atoms with E-state index >= 15 is 0 Å². The second-order valence-electron chi connectivity index (χ2n) is 11.8. The minimum atomic E-state index is -0.525. The average Bonchev–Trinajstić information content (AvgIpc) is 3.41. The summed E-state index contributed by atoms with van der Waals surface area (Å²) < 4.78 is 18.0. The van der Waals surface area contributed by atoms with E-state index in [0.717, 1.165) is 11.1 Å². The number of fused-ring (bicyclic) bond motifs is 1. The Balaban J connectivity index is 1.32. The number of hydrogen-bond donors (Lipinski definition) is 0. The van der Waals surface area contributed by atoms with E-state index in [-0.39, 0.29) is 37.6 Å². The normalized spacial score (nSPS) is 17.4. The maximum atomic E-state index is 13.7. The number of rotatable bonds is 7. The van der Waals surface area contributed by atoms with Gasteiger partial charge < -0.3 is 19.1 Å². The lowest BCUT2D eigenvalue weighted by Gasteiger charge is -2.38. The zero-order valence-electron chi connectivity index (χ0n) is 25.7. The number of hydrogen-bond acceptors (Lipinski definition) is 8. The summed E-state index contributed by atoms with van der Waals surface area (Å²) in [5.74, 6) is 0.925. The molecular formula is C31H40N6O6. The number of pyridine rings is 1. The quantitative estimate of drug-likeness (QED) is 0.399. The number of benzene rings is 1. The minimum Gasteiger partial charge on any atom is -0.497 e. The van der Waals surface area contributed by atoms with Gasteiger partial charge in [0.25, 0.3) is 0 Å². The molecule has 0 spiro atoms. The fraction of sp³-hybridized carbons (Fsp3) is 0.484. The average molecular weight is 593 g/mol. The van der Waals surface area contributed by atoms with Crippen molar-refractivity contribution in [2.75, 3.05) is 51.8 Å². The summed E-state index contributed by atoms with van der Waals surface area (Å²) in [6, 6.07) is 9.06. The van der Waals surface area contributed by atoms with Crippen molar-refractivity contribution in [2.45, 2.75) is 52.3 Å². The molecule has 2 saturated heterocycles. The number of anilines is 1. The second kappa shape index (κ2) is 12.1. The van der Waals surface area contributed by atoms with E-state index < -0.39 is 11.6 Å². The molecule has 4 amide bonds. The number of amides is 4. The van der Waals surface area contributed by atoms with Crippen LogP contribution >= 0.6 is 0 Å². The smallest absolute Gasteiger partial charge is 0.410 e. The van der Waals surface area contributed by atoms with Crippen LogP contribution in [0.1, 0.15) is 51.3 Å². The van der Waals surface area contributed by atoms with E-state index in [1.54, 1.807) is 52.9 Å². The predicted octanol–water partition coefficient (Wildman–Crippen LogP) is 4.32. The van der Waals surface area contributed by atoms with Gasteiger partial charge in [-0.1, -0.05) is 0 Å². The van der Waals surface area contributed by atoms with Crippen LogP contribution in [0.25, 0.3) is 5.52 Å². The van der Waals surface area contributed by atoms with Crippen LogP contribution in [0.5, 0.6) is 11.5 Å². The van der Waals surface area contributed by atoms with Gasteiger partial charge in [0.1, 0.15) is 17.1 Å². The first-order valence-corrected chi connectivity index (χ1v) is 14.5. The molecule has 1 aromatic carbocycles. The Kier molecular flexibility index (Phi) is 8.50. The minimum absolute atomic E-state index is 0.0752. The lowest BCUT2D eigenvalue weighted by Crippen LogP contribution is -2.52. The topological polar surface area (TPSA) is 109 Å². The first-order chi connectivity index (χ1) is 20.5. The van der Waals surface area contributed by atoms with E-state index in [4.69, 9.17) is 14.2 Å². The van der Waals surface area contributed by atoms with Gasteiger partial charge in [-0.3, -0.25) is 19.5 Å². The number of carbonyl (C=O) groups excluding carboxylic acids is 3. The molecule has 4 heterocycles. The molecule has 1 unspecified atom stereocenters. The summed E-state index contributed by atoms with van der Waals surface area (Å²) in [5.41, 5.74) is 2.67. The van der Waals surface area contributed by atoms with Crippen LogP contribution in [0.3, 0.4) is 0 Å². The molecule has 0 radical (unpaired) electrons. The van der Waals surface area contributed by atoms with Gasteiger partial charge in [0, 0.05) is 63.0 Å². The van der Waals surface area contributed by atoms with Crippen molar-refractivity contribution in [3.8, 4) is 11.5 Å². The highest BCUT2D eigenvalue weighted by Crippen LogP contribution is 2.32. The van der Waals surface area contributed by atoms with Crippen LogP contribution in [0.15, 0.2) is 42.7 Å². The van der Waals surface area contributed by atoms with Gasteiger partial charge in [-0.15, -0.1) is 0 Å². The number of ether oxygens (including phenoxy) is 3. The summed E-state index contributed by atoms with van der Waals surface area (Å²) in [4.78, 5) is 46.1. The summed E-state index contributed by atoms with van der Waals surface area (Å²) in [5, 5.41) is 4.49. The molecule has 3 aromatic rings. The predicted molar refractivity (Wildman–Crippen MR) is 160 cm³/mol. The van der Waals surface area contributed by atoms with E-state index in [1.807, 2.05) is 39.1 Å². The van der Waals surface area contributed by atoms with E-state index in [0.29, 0.717) is 48.9 Å². The monoisotopic (exact) mass is 592 g/mol. The van der Waals surface area contributed by atoms with Crippen molar-refractivity contribution in [3.05, 3.63) is 53.9 Å². The Morgan fingerprint density at radius 1 is 1.00 bits per heavy atom. The van der Waals surface area contributed by atoms with Gasteiger partial charge >= 0.3 is 12.1 Å². The number of urea groups is 1. The number of nitrogens with zero attached hydrogens (tertiary/aromatic N) is 6. The molecule has 0 saturated carbocycles. The SMILES string of the molecule is COc1ccc(CN2C(=O)CCN(c3cnn4ccc(C(C)N5CCN(C(=O)OC(C)(C)C)CC5)cc34)C2=O)c(OC)c1. The summed E-state index contributed by atoms with van der Waals surface area (Å²) in [6.45, 7) is 10.7. The Hall–Kier alpha value is -4.32. The van der Waals surface area contributed by atoms with Gasteiger partial charge in [-0.25, -0.2) is 14.1 Å². The molecule has 230 valence electrons. The Morgan fingerprint density at radius 3 is 2.42 bits per heavy atom. The molecule has 1 atom stereocenters. The van der Waals surface area contributed by atoms with Crippen molar-refractivity contribution in [3.63, 3.8) is 0 Å². The van der Waals surface area contributed by atoms with E-state index in [2.05, 4.69) is 16.9 Å². The van der Waals surface area contributed by atoms with Gasteiger partial charge in [0.05, 0.1) is 38.2 Å². The summed E-state index contributed by atoms with van der Waals surface area (Å²) in [7, 11) is 3.11. The van der Waals surface area contributed by atoms with Crippen LogP contribution in [0.4, 0.5) is 15.3 Å². The molecule has 2 aromatic heterocycles. The fourth-order valence-corrected chi connectivity index (χ4v) is 5.50. The largest absolute Gasteiger partial charge is 0.497 e. The third kappa shape index (κ3) is 6.38. The van der Waals surface area contributed by atoms with Crippen molar-refractivity contribution < 1.29 is 28.6 Å². The highest BCUT2D eigenvalue weighted by Gasteiger charge is 2.35. The highest BCUT2D eigenvalue weighted by atomic mass is 16.6. The highest BCUT2D eigenvalue weighted by molar-refractivity contribution is 6.07. The number of aromatic nitrogens is 2. The third-order valence-corrected chi connectivity index (χ3v) is 7.95. The molecule has 0 bridgehead atoms. The van der Waals surface area contributed by atoms with Crippen LogP contribution in [0, 0.1) is 0 Å². The molecule has 2 aliphatic rings. The number of carbonyl (C=O) groups is 3. The Bertz CT molecular complexity index is 1510. The molecule has 2 aliphatic heterocycles. The molecule has 0 aliphatic carbocycles. The van der Waals surface area contributed by atoms with Crippen molar-refractivity contribution in [2.24, 2.45) is 0 Å². The molecule has 12 heteroatoms. The maximum absolute atomic E-state index is 13.7. The third-order valence-electron chi connectivity index (χ3n) is 7.95. The van der Waals surface area contributed by atoms with E-state index in [1.165, 1.54) is 4.90 Å².